The minimum Gasteiger partial charge on any atom is -0.462 e. The number of esters is 1. The van der Waals surface area contributed by atoms with E-state index >= 15 is 0 Å². The van der Waals surface area contributed by atoms with E-state index in [2.05, 4.69) is 15.5 Å². The van der Waals surface area contributed by atoms with Crippen molar-refractivity contribution in [3.63, 3.8) is 0 Å². The first-order chi connectivity index (χ1) is 11.5. The van der Waals surface area contributed by atoms with Crippen LogP contribution in [0, 0.1) is 0 Å². The molecule has 126 valence electrons. The third-order valence-corrected chi connectivity index (χ3v) is 3.71. The molecule has 0 aliphatic rings. The molecule has 0 aliphatic heterocycles. The van der Waals surface area contributed by atoms with Crippen molar-refractivity contribution in [2.45, 2.75) is 12.1 Å². The average molecular weight is 349 g/mol. The molecule has 0 atom stereocenters. The molecule has 2 rings (SSSR count). The summed E-state index contributed by atoms with van der Waals surface area (Å²) in [6.45, 7) is 2.02. The van der Waals surface area contributed by atoms with Gasteiger partial charge in [-0.25, -0.2) is 4.79 Å². The molecule has 1 aromatic carbocycles. The number of benzene rings is 1. The molecule has 0 aliphatic carbocycles. The summed E-state index contributed by atoms with van der Waals surface area (Å²) in [5.41, 5.74) is 0.413. The smallest absolute Gasteiger partial charge is 0.338 e. The summed E-state index contributed by atoms with van der Waals surface area (Å²) in [6, 6.07) is 6.30. The van der Waals surface area contributed by atoms with Gasteiger partial charge >= 0.3 is 5.97 Å². The second-order valence-electron chi connectivity index (χ2n) is 4.47. The first kappa shape index (κ1) is 17.5. The fraction of sp³-hybridized carbons (Fsp3) is 0.214. The number of thioether (sulfide) groups is 1. The van der Waals surface area contributed by atoms with Crippen LogP contribution in [0.3, 0.4) is 0 Å². The van der Waals surface area contributed by atoms with Crippen molar-refractivity contribution in [2.75, 3.05) is 23.5 Å². The highest BCUT2D eigenvalue weighted by Gasteiger charge is 2.10. The minimum absolute atomic E-state index is 0.00500. The molecule has 0 saturated heterocycles. The molecule has 24 heavy (non-hydrogen) atoms. The summed E-state index contributed by atoms with van der Waals surface area (Å²) >= 11 is 0.981. The Morgan fingerprint density at radius 1 is 1.33 bits per heavy atom. The molecule has 0 radical (unpaired) electrons. The maximum absolute atomic E-state index is 11.9. The second kappa shape index (κ2) is 8.11. The first-order valence-electron chi connectivity index (χ1n) is 6.91. The second-order valence-corrected chi connectivity index (χ2v) is 5.41. The van der Waals surface area contributed by atoms with Crippen LogP contribution in [0.2, 0.25) is 0 Å². The van der Waals surface area contributed by atoms with Gasteiger partial charge in [0.2, 0.25) is 11.1 Å². The van der Waals surface area contributed by atoms with Crippen LogP contribution in [0.4, 0.5) is 5.69 Å². The van der Waals surface area contributed by atoms with E-state index in [1.807, 2.05) is 0 Å². The number of rotatable bonds is 6. The third-order valence-electron chi connectivity index (χ3n) is 2.77. The SMILES string of the molecule is CCOC(=O)c1ccc(NC(=O)CSc2nncc(=O)n2N)cc1. The molecule has 0 unspecified atom stereocenters. The number of nitrogen functional groups attached to an aromatic ring is 1. The van der Waals surface area contributed by atoms with Crippen LogP contribution in [-0.2, 0) is 9.53 Å². The van der Waals surface area contributed by atoms with E-state index in [-0.39, 0.29) is 16.8 Å². The number of carbonyl (C=O) groups excluding carboxylic acids is 2. The molecule has 0 fully saturated rings. The lowest BCUT2D eigenvalue weighted by Gasteiger charge is -2.07. The van der Waals surface area contributed by atoms with Gasteiger partial charge in [0.25, 0.3) is 5.56 Å². The Kier molecular flexibility index (Phi) is 5.90. The summed E-state index contributed by atoms with van der Waals surface area (Å²) in [5.74, 6) is 4.75. The van der Waals surface area contributed by atoms with E-state index in [4.69, 9.17) is 10.6 Å². The molecular weight excluding hydrogens is 334 g/mol. The number of nitrogens with two attached hydrogens (primary N) is 1. The van der Waals surface area contributed by atoms with Crippen molar-refractivity contribution >= 4 is 29.3 Å². The number of amides is 1. The quantitative estimate of drug-likeness (QED) is 0.431. The highest BCUT2D eigenvalue weighted by molar-refractivity contribution is 7.99. The molecule has 0 spiro atoms. The lowest BCUT2D eigenvalue weighted by Crippen LogP contribution is -2.30. The van der Waals surface area contributed by atoms with Crippen molar-refractivity contribution < 1.29 is 14.3 Å². The van der Waals surface area contributed by atoms with Crippen LogP contribution in [-0.4, -0.2) is 39.1 Å². The number of hydrogen-bond acceptors (Lipinski definition) is 8. The Morgan fingerprint density at radius 3 is 2.71 bits per heavy atom. The lowest BCUT2D eigenvalue weighted by atomic mass is 10.2. The number of carbonyl (C=O) groups is 2. The summed E-state index contributed by atoms with van der Waals surface area (Å²) < 4.78 is 5.69. The Balaban J connectivity index is 1.91. The van der Waals surface area contributed by atoms with Gasteiger partial charge in [0.1, 0.15) is 6.20 Å². The van der Waals surface area contributed by atoms with Crippen LogP contribution >= 0.6 is 11.8 Å². The van der Waals surface area contributed by atoms with Gasteiger partial charge < -0.3 is 15.9 Å². The van der Waals surface area contributed by atoms with Crippen LogP contribution in [0.1, 0.15) is 17.3 Å². The van der Waals surface area contributed by atoms with E-state index in [0.717, 1.165) is 22.6 Å². The fourth-order valence-corrected chi connectivity index (χ4v) is 2.33. The van der Waals surface area contributed by atoms with Gasteiger partial charge in [0.15, 0.2) is 0 Å². The minimum atomic E-state index is -0.512. The maximum Gasteiger partial charge on any atom is 0.338 e. The molecule has 1 heterocycles. The lowest BCUT2D eigenvalue weighted by molar-refractivity contribution is -0.113. The molecular formula is C14H15N5O4S. The molecule has 9 nitrogen and oxygen atoms in total. The van der Waals surface area contributed by atoms with E-state index in [0.29, 0.717) is 17.9 Å². The zero-order valence-corrected chi connectivity index (χ0v) is 13.6. The third kappa shape index (κ3) is 4.56. The van der Waals surface area contributed by atoms with Crippen molar-refractivity contribution in [3.05, 3.63) is 46.4 Å². The van der Waals surface area contributed by atoms with Gasteiger partial charge in [-0.05, 0) is 31.2 Å². The standard InChI is InChI=1S/C14H15N5O4S/c1-2-23-13(22)9-3-5-10(6-4-9)17-11(20)8-24-14-18-16-7-12(21)19(14)15/h3-7H,2,8,15H2,1H3,(H,17,20). The maximum atomic E-state index is 11.9. The Bertz CT molecular complexity index is 790. The monoisotopic (exact) mass is 349 g/mol. The van der Waals surface area contributed by atoms with E-state index < -0.39 is 11.5 Å². The zero-order valence-electron chi connectivity index (χ0n) is 12.8. The molecule has 1 amide bonds. The van der Waals surface area contributed by atoms with Gasteiger partial charge in [-0.3, -0.25) is 9.59 Å². The van der Waals surface area contributed by atoms with Gasteiger partial charge in [0.05, 0.1) is 17.9 Å². The Hall–Kier alpha value is -2.88. The number of anilines is 1. The molecule has 1 aromatic heterocycles. The summed E-state index contributed by atoms with van der Waals surface area (Å²) in [7, 11) is 0. The number of hydrogen-bond donors (Lipinski definition) is 2. The number of nitrogens with one attached hydrogen (secondary N) is 1. The van der Waals surface area contributed by atoms with Gasteiger partial charge in [0, 0.05) is 5.69 Å². The van der Waals surface area contributed by atoms with Crippen molar-refractivity contribution in [1.29, 1.82) is 0 Å². The predicted molar refractivity (Wildman–Crippen MR) is 88.2 cm³/mol. The van der Waals surface area contributed by atoms with E-state index in [1.54, 1.807) is 31.2 Å². The zero-order chi connectivity index (χ0) is 17.5. The van der Waals surface area contributed by atoms with E-state index in [9.17, 15) is 14.4 Å². The molecule has 3 N–H and O–H groups in total. The number of aromatic nitrogens is 3. The highest BCUT2D eigenvalue weighted by atomic mass is 32.2. The van der Waals surface area contributed by atoms with Gasteiger partial charge in [-0.1, -0.05) is 11.8 Å². The van der Waals surface area contributed by atoms with Gasteiger partial charge in [-0.15, -0.1) is 5.10 Å². The fourth-order valence-electron chi connectivity index (χ4n) is 1.66. The summed E-state index contributed by atoms with van der Waals surface area (Å²) in [4.78, 5) is 34.7. The predicted octanol–water partition coefficient (Wildman–Crippen LogP) is 0.260. The molecule has 0 bridgehead atoms. The van der Waals surface area contributed by atoms with Gasteiger partial charge in [-0.2, -0.15) is 9.77 Å². The molecule has 2 aromatic rings. The van der Waals surface area contributed by atoms with Crippen LogP contribution < -0.4 is 16.7 Å². The summed E-state index contributed by atoms with van der Waals surface area (Å²) in [6.07, 6.45) is 0.981. The highest BCUT2D eigenvalue weighted by Crippen LogP contribution is 2.14. The van der Waals surface area contributed by atoms with Crippen molar-refractivity contribution in [3.8, 4) is 0 Å². The Morgan fingerprint density at radius 2 is 2.04 bits per heavy atom. The average Bonchev–Trinajstić information content (AvgIpc) is 2.57. The van der Waals surface area contributed by atoms with Crippen LogP contribution in [0.25, 0.3) is 0 Å². The van der Waals surface area contributed by atoms with Crippen LogP contribution in [0.15, 0.2) is 40.4 Å². The first-order valence-corrected chi connectivity index (χ1v) is 7.89. The Labute approximate surface area is 141 Å². The topological polar surface area (TPSA) is 129 Å². The van der Waals surface area contributed by atoms with Crippen molar-refractivity contribution in [1.82, 2.24) is 14.9 Å². The number of ether oxygens (including phenoxy) is 1. The van der Waals surface area contributed by atoms with Crippen LogP contribution in [0.5, 0.6) is 0 Å². The number of nitrogens with zero attached hydrogens (tertiary/aromatic N) is 3. The normalized spacial score (nSPS) is 10.2. The largest absolute Gasteiger partial charge is 0.462 e. The van der Waals surface area contributed by atoms with Crippen molar-refractivity contribution in [2.24, 2.45) is 0 Å². The molecule has 0 saturated carbocycles. The summed E-state index contributed by atoms with van der Waals surface area (Å²) in [5, 5.41) is 9.97. The van der Waals surface area contributed by atoms with E-state index in [1.165, 1.54) is 0 Å². The molecule has 10 heteroatoms.